The molecule has 0 aliphatic rings. The Morgan fingerprint density at radius 3 is 1.14 bits per heavy atom. The number of carbonyl (C=O) groups is 3. The van der Waals surface area contributed by atoms with Crippen LogP contribution < -0.4 is 0 Å². The second kappa shape index (κ2) is 52.8. The molecule has 70 heavy (non-hydrogen) atoms. The van der Waals surface area contributed by atoms with Gasteiger partial charge in [-0.25, -0.2) is 4.57 Å². The zero-order valence-electron chi connectivity index (χ0n) is 45.0. The van der Waals surface area contributed by atoms with Gasteiger partial charge >= 0.3 is 25.7 Å². The van der Waals surface area contributed by atoms with Crippen LogP contribution in [-0.4, -0.2) is 66.5 Å². The molecule has 0 aliphatic heterocycles. The molecule has 0 rings (SSSR count). The minimum absolute atomic E-state index is 0.0497. The summed E-state index contributed by atoms with van der Waals surface area (Å²) in [4.78, 5) is 48.4. The van der Waals surface area contributed by atoms with Gasteiger partial charge in [0.15, 0.2) is 6.10 Å². The molecule has 0 aromatic rings. The fraction of sp³-hybridized carbons (Fsp3) is 0.810. The molecular weight excluding hydrogens is 904 g/mol. The van der Waals surface area contributed by atoms with E-state index in [2.05, 4.69) is 57.2 Å². The van der Waals surface area contributed by atoms with Crippen LogP contribution in [0.3, 0.4) is 0 Å². The standard InChI is InChI=1S/C58H105O11P/c1-4-7-10-13-16-19-22-25-26-27-28-31-32-35-38-41-44-47-56(60)65-51-55(69-58(62)49-46-43-40-37-34-30-24-21-18-15-12-9-6-3)53-67-70(63,64)66-52-54(50-59)68-57(61)48-45-42-39-36-33-29-23-20-17-14-11-8-5-2/h9,12,18,21,30,34,40,43,54-55,59H,4-8,10-11,13-17,19-20,22-29,31-33,35-39,41-42,44-53H2,1-3H3,(H,63,64)/b12-9-,21-18-,34-30-,43-40-. The van der Waals surface area contributed by atoms with Crippen molar-refractivity contribution in [2.24, 2.45) is 0 Å². The van der Waals surface area contributed by atoms with Gasteiger partial charge in [0.05, 0.1) is 19.8 Å². The highest BCUT2D eigenvalue weighted by Gasteiger charge is 2.28. The van der Waals surface area contributed by atoms with Crippen molar-refractivity contribution in [2.45, 2.75) is 277 Å². The molecule has 12 heteroatoms. The Labute approximate surface area is 428 Å². The normalized spacial score (nSPS) is 13.7. The van der Waals surface area contributed by atoms with E-state index < -0.39 is 57.8 Å². The Morgan fingerprint density at radius 1 is 0.414 bits per heavy atom. The Bertz CT molecular complexity index is 1360. The maximum absolute atomic E-state index is 12.9. The van der Waals surface area contributed by atoms with Crippen molar-refractivity contribution in [1.82, 2.24) is 0 Å². The van der Waals surface area contributed by atoms with Crippen LogP contribution in [-0.2, 0) is 42.2 Å². The highest BCUT2D eigenvalue weighted by Crippen LogP contribution is 2.43. The van der Waals surface area contributed by atoms with Crippen LogP contribution >= 0.6 is 7.82 Å². The highest BCUT2D eigenvalue weighted by molar-refractivity contribution is 7.47. The molecule has 0 fully saturated rings. The summed E-state index contributed by atoms with van der Waals surface area (Å²) in [6.07, 6.45) is 55.2. The largest absolute Gasteiger partial charge is 0.472 e. The van der Waals surface area contributed by atoms with Gasteiger partial charge < -0.3 is 24.2 Å². The first kappa shape index (κ1) is 67.4. The molecule has 3 atom stereocenters. The van der Waals surface area contributed by atoms with Gasteiger partial charge in [0.2, 0.25) is 0 Å². The fourth-order valence-corrected chi connectivity index (χ4v) is 8.74. The van der Waals surface area contributed by atoms with E-state index in [0.29, 0.717) is 19.3 Å². The van der Waals surface area contributed by atoms with Crippen LogP contribution in [0.5, 0.6) is 0 Å². The van der Waals surface area contributed by atoms with Crippen LogP contribution in [0.4, 0.5) is 0 Å². The van der Waals surface area contributed by atoms with Gasteiger partial charge in [-0.3, -0.25) is 23.4 Å². The first-order valence-corrected chi connectivity index (χ1v) is 30.0. The van der Waals surface area contributed by atoms with Crippen molar-refractivity contribution >= 4 is 25.7 Å². The Kier molecular flexibility index (Phi) is 50.8. The Hall–Kier alpha value is -2.56. The molecular formula is C58H105O11P. The average molecular weight is 1010 g/mol. The third-order valence-corrected chi connectivity index (χ3v) is 13.2. The number of phosphoric acid groups is 1. The molecule has 0 amide bonds. The minimum Gasteiger partial charge on any atom is -0.462 e. The van der Waals surface area contributed by atoms with Crippen molar-refractivity contribution < 1.29 is 52.2 Å². The summed E-state index contributed by atoms with van der Waals surface area (Å²) in [5.74, 6) is -1.55. The summed E-state index contributed by atoms with van der Waals surface area (Å²) in [7, 11) is -4.76. The summed E-state index contributed by atoms with van der Waals surface area (Å²) >= 11 is 0. The number of allylic oxidation sites excluding steroid dienone is 8. The van der Waals surface area contributed by atoms with E-state index in [1.54, 1.807) is 0 Å². The molecule has 408 valence electrons. The maximum atomic E-state index is 12.9. The lowest BCUT2D eigenvalue weighted by atomic mass is 10.0. The first-order valence-electron chi connectivity index (χ1n) is 28.5. The molecule has 0 saturated carbocycles. The van der Waals surface area contributed by atoms with Gasteiger partial charge in [-0.05, 0) is 44.9 Å². The second-order valence-electron chi connectivity index (χ2n) is 19.1. The lowest BCUT2D eigenvalue weighted by molar-refractivity contribution is -0.161. The van der Waals surface area contributed by atoms with Crippen molar-refractivity contribution in [3.05, 3.63) is 48.6 Å². The fourth-order valence-electron chi connectivity index (χ4n) is 7.96. The Balaban J connectivity index is 4.73. The van der Waals surface area contributed by atoms with E-state index in [0.717, 1.165) is 64.2 Å². The number of hydrogen-bond donors (Lipinski definition) is 2. The zero-order chi connectivity index (χ0) is 51.3. The summed E-state index contributed by atoms with van der Waals surface area (Å²) in [5.41, 5.74) is 0. The first-order chi connectivity index (χ1) is 34.2. The lowest BCUT2D eigenvalue weighted by Gasteiger charge is -2.21. The summed E-state index contributed by atoms with van der Waals surface area (Å²) in [6, 6.07) is 0. The minimum atomic E-state index is -4.76. The molecule has 0 aliphatic carbocycles. The van der Waals surface area contributed by atoms with Crippen LogP contribution in [0.1, 0.15) is 265 Å². The number of esters is 3. The lowest BCUT2D eigenvalue weighted by Crippen LogP contribution is -2.30. The summed E-state index contributed by atoms with van der Waals surface area (Å²) in [5, 5.41) is 9.79. The number of carbonyl (C=O) groups excluding carboxylic acids is 3. The van der Waals surface area contributed by atoms with Crippen LogP contribution in [0.2, 0.25) is 0 Å². The van der Waals surface area contributed by atoms with Crippen LogP contribution in [0, 0.1) is 0 Å². The molecule has 0 heterocycles. The molecule has 3 unspecified atom stereocenters. The van der Waals surface area contributed by atoms with Crippen molar-refractivity contribution in [1.29, 1.82) is 0 Å². The summed E-state index contributed by atoms with van der Waals surface area (Å²) < 4.78 is 39.4. The number of unbranched alkanes of at least 4 members (excludes halogenated alkanes) is 28. The van der Waals surface area contributed by atoms with E-state index >= 15 is 0 Å². The van der Waals surface area contributed by atoms with E-state index in [9.17, 15) is 28.9 Å². The molecule has 11 nitrogen and oxygen atoms in total. The van der Waals surface area contributed by atoms with Gasteiger partial charge in [0.1, 0.15) is 12.7 Å². The predicted molar refractivity (Wildman–Crippen MR) is 289 cm³/mol. The molecule has 0 radical (unpaired) electrons. The number of aliphatic hydroxyl groups is 1. The van der Waals surface area contributed by atoms with E-state index in [1.807, 2.05) is 12.2 Å². The van der Waals surface area contributed by atoms with E-state index in [-0.39, 0.29) is 25.9 Å². The van der Waals surface area contributed by atoms with Crippen LogP contribution in [0.25, 0.3) is 0 Å². The number of hydrogen-bond acceptors (Lipinski definition) is 10. The molecule has 0 bridgehead atoms. The number of aliphatic hydroxyl groups excluding tert-OH is 1. The van der Waals surface area contributed by atoms with Crippen molar-refractivity contribution in [3.8, 4) is 0 Å². The molecule has 0 aromatic heterocycles. The number of phosphoric ester groups is 1. The molecule has 0 aromatic carbocycles. The highest BCUT2D eigenvalue weighted by atomic mass is 31.2. The molecule has 0 spiro atoms. The summed E-state index contributed by atoms with van der Waals surface area (Å²) in [6.45, 7) is 4.48. The van der Waals surface area contributed by atoms with E-state index in [4.69, 9.17) is 23.3 Å². The SMILES string of the molecule is CC/C=C\C/C=C\C/C=C\C/C=C\CCC(=O)OC(COC(=O)CCCCCCCCCCCCCCCCCCC)COP(=O)(O)OCC(CO)OC(=O)CCCCCCCCCCCCCCC. The van der Waals surface area contributed by atoms with Gasteiger partial charge in [0.25, 0.3) is 0 Å². The topological polar surface area (TPSA) is 155 Å². The van der Waals surface area contributed by atoms with Gasteiger partial charge in [-0.1, -0.05) is 249 Å². The van der Waals surface area contributed by atoms with Gasteiger partial charge in [-0.2, -0.15) is 0 Å². The number of rotatable bonds is 53. The van der Waals surface area contributed by atoms with Gasteiger partial charge in [-0.15, -0.1) is 0 Å². The third kappa shape index (κ3) is 50.4. The van der Waals surface area contributed by atoms with Gasteiger partial charge in [0, 0.05) is 19.3 Å². The number of ether oxygens (including phenoxy) is 3. The third-order valence-electron chi connectivity index (χ3n) is 12.3. The smallest absolute Gasteiger partial charge is 0.462 e. The zero-order valence-corrected chi connectivity index (χ0v) is 45.9. The molecule has 2 N–H and O–H groups in total. The maximum Gasteiger partial charge on any atom is 0.472 e. The quantitative estimate of drug-likeness (QED) is 0.0197. The monoisotopic (exact) mass is 1010 g/mol. The van der Waals surface area contributed by atoms with Crippen molar-refractivity contribution in [3.63, 3.8) is 0 Å². The molecule has 0 saturated heterocycles. The van der Waals surface area contributed by atoms with Crippen molar-refractivity contribution in [2.75, 3.05) is 26.4 Å². The second-order valence-corrected chi connectivity index (χ2v) is 20.5. The van der Waals surface area contributed by atoms with Crippen LogP contribution in [0.15, 0.2) is 48.6 Å². The Morgan fingerprint density at radius 2 is 0.743 bits per heavy atom. The predicted octanol–water partition coefficient (Wildman–Crippen LogP) is 16.6. The van der Waals surface area contributed by atoms with E-state index in [1.165, 1.54) is 141 Å². The average Bonchev–Trinajstić information content (AvgIpc) is 3.35.